The molecule has 0 bridgehead atoms. The number of amides is 1. The van der Waals surface area contributed by atoms with Crippen LogP contribution in [-0.4, -0.2) is 38.1 Å². The highest BCUT2D eigenvalue weighted by molar-refractivity contribution is 7.99. The van der Waals surface area contributed by atoms with E-state index < -0.39 is 0 Å². The van der Waals surface area contributed by atoms with Crippen molar-refractivity contribution < 1.29 is 15.0 Å². The zero-order valence-corrected chi connectivity index (χ0v) is 13.5. The number of hydrogen-bond donors (Lipinski definition) is 3. The van der Waals surface area contributed by atoms with E-state index in [1.807, 2.05) is 19.9 Å². The lowest BCUT2D eigenvalue weighted by Crippen LogP contribution is -2.19. The Hall–Kier alpha value is -2.61. The monoisotopic (exact) mass is 332 g/mol. The number of benzene rings is 1. The molecule has 0 radical (unpaired) electrons. The minimum Gasteiger partial charge on any atom is -0.504 e. The van der Waals surface area contributed by atoms with Crippen molar-refractivity contribution >= 4 is 23.9 Å². The zero-order chi connectivity index (χ0) is 16.8. The van der Waals surface area contributed by atoms with E-state index in [1.54, 1.807) is 12.1 Å². The summed E-state index contributed by atoms with van der Waals surface area (Å²) in [7, 11) is 0. The number of phenolic OH excluding ortho intramolecular Hbond substituents is 2. The molecular weight excluding hydrogens is 316 g/mol. The minimum absolute atomic E-state index is 0.117. The molecule has 23 heavy (non-hydrogen) atoms. The number of carbonyl (C=O) groups is 1. The molecule has 0 aliphatic rings. The maximum Gasteiger partial charge on any atom is 0.250 e. The summed E-state index contributed by atoms with van der Waals surface area (Å²) >= 11 is 1.21. The van der Waals surface area contributed by atoms with Crippen molar-refractivity contribution in [3.05, 3.63) is 41.2 Å². The van der Waals surface area contributed by atoms with Crippen molar-refractivity contribution in [2.24, 2.45) is 5.10 Å². The number of nitrogens with one attached hydrogen (secondary N) is 1. The molecule has 1 amide bonds. The average molecular weight is 332 g/mol. The molecule has 2 aromatic rings. The molecule has 1 heterocycles. The van der Waals surface area contributed by atoms with E-state index in [4.69, 9.17) is 0 Å². The Morgan fingerprint density at radius 1 is 1.30 bits per heavy atom. The van der Waals surface area contributed by atoms with E-state index in [-0.39, 0.29) is 23.2 Å². The van der Waals surface area contributed by atoms with Gasteiger partial charge in [0.15, 0.2) is 16.7 Å². The molecule has 7 nitrogen and oxygen atoms in total. The third-order valence-corrected chi connectivity index (χ3v) is 3.58. The number of aromatic hydroxyl groups is 2. The molecule has 8 heteroatoms. The van der Waals surface area contributed by atoms with Gasteiger partial charge in [-0.15, -0.1) is 0 Å². The normalized spacial score (nSPS) is 10.9. The van der Waals surface area contributed by atoms with Gasteiger partial charge < -0.3 is 10.2 Å². The number of aromatic nitrogens is 2. The highest BCUT2D eigenvalue weighted by Crippen LogP contribution is 2.26. The van der Waals surface area contributed by atoms with Gasteiger partial charge >= 0.3 is 0 Å². The van der Waals surface area contributed by atoms with E-state index in [1.165, 1.54) is 24.0 Å². The molecule has 0 saturated heterocycles. The van der Waals surface area contributed by atoms with Crippen LogP contribution in [0.3, 0.4) is 0 Å². The van der Waals surface area contributed by atoms with Crippen LogP contribution in [0.1, 0.15) is 17.0 Å². The average Bonchev–Trinajstić information content (AvgIpc) is 2.48. The second kappa shape index (κ2) is 7.59. The Balaban J connectivity index is 1.87. The predicted molar refractivity (Wildman–Crippen MR) is 87.7 cm³/mol. The van der Waals surface area contributed by atoms with Gasteiger partial charge in [0.05, 0.1) is 12.0 Å². The van der Waals surface area contributed by atoms with Crippen LogP contribution in [0, 0.1) is 13.8 Å². The molecule has 0 atom stereocenters. The van der Waals surface area contributed by atoms with Crippen molar-refractivity contribution in [1.29, 1.82) is 0 Å². The minimum atomic E-state index is -0.325. The molecule has 2 rings (SSSR count). The van der Waals surface area contributed by atoms with Gasteiger partial charge in [-0.1, -0.05) is 17.8 Å². The summed E-state index contributed by atoms with van der Waals surface area (Å²) in [6.45, 7) is 3.73. The maximum absolute atomic E-state index is 11.7. The number of phenols is 2. The quantitative estimate of drug-likeness (QED) is 0.253. The Morgan fingerprint density at radius 2 is 2.00 bits per heavy atom. The van der Waals surface area contributed by atoms with E-state index in [0.29, 0.717) is 10.7 Å². The third-order valence-electron chi connectivity index (χ3n) is 2.73. The van der Waals surface area contributed by atoms with Gasteiger partial charge in [-0.2, -0.15) is 5.10 Å². The standard InChI is InChI=1S/C15H16N4O3S/c1-9-6-10(2)18-15(17-9)23-8-13(21)19-16-7-11-4-3-5-12(20)14(11)22/h3-7,20,22H,8H2,1-2H3,(H,19,21)/b16-7+. The highest BCUT2D eigenvalue weighted by atomic mass is 32.2. The second-order valence-electron chi connectivity index (χ2n) is 4.73. The summed E-state index contributed by atoms with van der Waals surface area (Å²) in [5.41, 5.74) is 4.33. The lowest BCUT2D eigenvalue weighted by molar-refractivity contribution is -0.118. The van der Waals surface area contributed by atoms with Crippen molar-refractivity contribution in [3.8, 4) is 11.5 Å². The molecule has 1 aromatic heterocycles. The van der Waals surface area contributed by atoms with E-state index >= 15 is 0 Å². The SMILES string of the molecule is Cc1cc(C)nc(SCC(=O)N/N=C/c2cccc(O)c2O)n1. The molecule has 0 unspecified atom stereocenters. The lowest BCUT2D eigenvalue weighted by atomic mass is 10.2. The second-order valence-corrected chi connectivity index (χ2v) is 5.67. The molecule has 3 N–H and O–H groups in total. The smallest absolute Gasteiger partial charge is 0.250 e. The maximum atomic E-state index is 11.7. The fourth-order valence-electron chi connectivity index (χ4n) is 1.75. The predicted octanol–water partition coefficient (Wildman–Crippen LogP) is 1.75. The van der Waals surface area contributed by atoms with Gasteiger partial charge in [0, 0.05) is 17.0 Å². The summed E-state index contributed by atoms with van der Waals surface area (Å²) in [5.74, 6) is -0.744. The van der Waals surface area contributed by atoms with Gasteiger partial charge in [0.1, 0.15) is 0 Å². The van der Waals surface area contributed by atoms with E-state index in [2.05, 4.69) is 20.5 Å². The van der Waals surface area contributed by atoms with Crippen LogP contribution in [0.4, 0.5) is 0 Å². The summed E-state index contributed by atoms with van der Waals surface area (Å²) in [6.07, 6.45) is 1.25. The molecule has 0 aliphatic carbocycles. The number of hydrogen-bond acceptors (Lipinski definition) is 7. The zero-order valence-electron chi connectivity index (χ0n) is 12.6. The molecule has 0 saturated carbocycles. The van der Waals surface area contributed by atoms with Crippen LogP contribution in [0.5, 0.6) is 11.5 Å². The van der Waals surface area contributed by atoms with Crippen LogP contribution < -0.4 is 5.43 Å². The first kappa shape index (κ1) is 16.8. The van der Waals surface area contributed by atoms with Gasteiger partial charge in [-0.25, -0.2) is 15.4 Å². The van der Waals surface area contributed by atoms with Gasteiger partial charge in [-0.3, -0.25) is 4.79 Å². The van der Waals surface area contributed by atoms with Crippen LogP contribution in [0.25, 0.3) is 0 Å². The first-order valence-electron chi connectivity index (χ1n) is 6.73. The number of para-hydroxylation sites is 1. The van der Waals surface area contributed by atoms with Crippen LogP contribution in [0.15, 0.2) is 34.5 Å². The summed E-state index contributed by atoms with van der Waals surface area (Å²) in [6, 6.07) is 6.33. The Bertz CT molecular complexity index is 729. The molecule has 0 spiro atoms. The molecule has 0 fully saturated rings. The summed E-state index contributed by atoms with van der Waals surface area (Å²) < 4.78 is 0. The van der Waals surface area contributed by atoms with Gasteiger partial charge in [-0.05, 0) is 32.0 Å². The van der Waals surface area contributed by atoms with Crippen LogP contribution >= 0.6 is 11.8 Å². The number of thioether (sulfide) groups is 1. The van der Waals surface area contributed by atoms with Crippen LogP contribution in [0.2, 0.25) is 0 Å². The first-order valence-corrected chi connectivity index (χ1v) is 7.72. The fraction of sp³-hybridized carbons (Fsp3) is 0.200. The summed E-state index contributed by atoms with van der Waals surface area (Å²) in [5, 5.41) is 23.2. The number of aryl methyl sites for hydroxylation is 2. The van der Waals surface area contributed by atoms with Crippen molar-refractivity contribution in [1.82, 2.24) is 15.4 Å². The molecule has 0 aliphatic heterocycles. The summed E-state index contributed by atoms with van der Waals surface area (Å²) in [4.78, 5) is 20.2. The first-order chi connectivity index (χ1) is 11.0. The van der Waals surface area contributed by atoms with Crippen molar-refractivity contribution in [2.45, 2.75) is 19.0 Å². The Morgan fingerprint density at radius 3 is 2.70 bits per heavy atom. The number of hydrazone groups is 1. The Labute approximate surface area is 137 Å². The lowest BCUT2D eigenvalue weighted by Gasteiger charge is -2.03. The van der Waals surface area contributed by atoms with Crippen molar-refractivity contribution in [3.63, 3.8) is 0 Å². The van der Waals surface area contributed by atoms with Crippen molar-refractivity contribution in [2.75, 3.05) is 5.75 Å². The van der Waals surface area contributed by atoms with Gasteiger partial charge in [0.25, 0.3) is 5.91 Å². The highest BCUT2D eigenvalue weighted by Gasteiger charge is 2.06. The molecule has 120 valence electrons. The molecular formula is C15H16N4O3S. The fourth-order valence-corrected chi connectivity index (χ4v) is 2.49. The largest absolute Gasteiger partial charge is 0.504 e. The molecule has 1 aromatic carbocycles. The number of carbonyl (C=O) groups excluding carboxylic acids is 1. The van der Waals surface area contributed by atoms with Gasteiger partial charge in [0.2, 0.25) is 0 Å². The van der Waals surface area contributed by atoms with E-state index in [9.17, 15) is 15.0 Å². The van der Waals surface area contributed by atoms with E-state index in [0.717, 1.165) is 11.4 Å². The topological polar surface area (TPSA) is 108 Å². The number of rotatable bonds is 5. The third kappa shape index (κ3) is 4.96. The Kier molecular flexibility index (Phi) is 5.53. The number of nitrogens with zero attached hydrogens (tertiary/aromatic N) is 3. The van der Waals surface area contributed by atoms with Crippen LogP contribution in [-0.2, 0) is 4.79 Å².